The van der Waals surface area contributed by atoms with E-state index in [-0.39, 0.29) is 54.4 Å². The van der Waals surface area contributed by atoms with E-state index >= 15 is 0 Å². The Morgan fingerprint density at radius 3 is 1.96 bits per heavy atom. The number of carbonyl (C=O) groups excluding carboxylic acids is 3. The lowest BCUT2D eigenvalue weighted by Crippen LogP contribution is -2.38. The van der Waals surface area contributed by atoms with Crippen molar-refractivity contribution < 1.29 is 14.4 Å². The first-order valence-electron chi connectivity index (χ1n) is 9.39. The summed E-state index contributed by atoms with van der Waals surface area (Å²) in [7, 11) is 0. The SMILES string of the molecule is CCCN(CCC)C(=O)CCN1C(=O)C2C3C=CC(CC3)C2C1=O. The number of carbonyl (C=O) groups is 3. The number of imide groups is 1. The predicted octanol–water partition coefficient (Wildman–Crippen LogP) is 2.22. The molecule has 0 aromatic carbocycles. The standard InChI is InChI=1S/C19H28N2O3/c1-3-10-20(11-4-2)15(22)9-12-21-18(23)16-13-5-6-14(8-7-13)17(16)19(21)24/h5-6,13-14,16-17H,3-4,7-12H2,1-2H3. The largest absolute Gasteiger partial charge is 0.343 e. The molecule has 4 rings (SSSR count). The molecule has 0 aromatic rings. The van der Waals surface area contributed by atoms with Crippen LogP contribution in [0.1, 0.15) is 46.0 Å². The maximum Gasteiger partial charge on any atom is 0.233 e. The second-order valence-electron chi connectivity index (χ2n) is 7.30. The molecular weight excluding hydrogens is 304 g/mol. The number of hydrogen-bond donors (Lipinski definition) is 0. The van der Waals surface area contributed by atoms with E-state index in [1.54, 1.807) is 0 Å². The summed E-state index contributed by atoms with van der Waals surface area (Å²) in [6.45, 7) is 5.84. The van der Waals surface area contributed by atoms with Gasteiger partial charge in [0.2, 0.25) is 17.7 Å². The van der Waals surface area contributed by atoms with E-state index in [2.05, 4.69) is 26.0 Å². The van der Waals surface area contributed by atoms with Gasteiger partial charge in [-0.2, -0.15) is 0 Å². The average Bonchev–Trinajstić information content (AvgIpc) is 2.87. The van der Waals surface area contributed by atoms with E-state index in [0.717, 1.165) is 38.8 Å². The van der Waals surface area contributed by atoms with Crippen molar-refractivity contribution in [3.63, 3.8) is 0 Å². The van der Waals surface area contributed by atoms with Crippen molar-refractivity contribution >= 4 is 17.7 Å². The summed E-state index contributed by atoms with van der Waals surface area (Å²) in [5.41, 5.74) is 0. The molecule has 0 N–H and O–H groups in total. The Morgan fingerprint density at radius 1 is 1.04 bits per heavy atom. The van der Waals surface area contributed by atoms with E-state index in [1.807, 2.05) is 4.90 Å². The van der Waals surface area contributed by atoms with E-state index in [0.29, 0.717) is 0 Å². The summed E-state index contributed by atoms with van der Waals surface area (Å²) in [6.07, 6.45) is 8.36. The number of nitrogens with zero attached hydrogens (tertiary/aromatic N) is 2. The first kappa shape index (κ1) is 17.2. The first-order chi connectivity index (χ1) is 11.6. The van der Waals surface area contributed by atoms with Crippen molar-refractivity contribution in [1.82, 2.24) is 9.80 Å². The maximum absolute atomic E-state index is 12.7. The highest BCUT2D eigenvalue weighted by Gasteiger charge is 2.56. The number of hydrogen-bond acceptors (Lipinski definition) is 3. The number of allylic oxidation sites excluding steroid dienone is 2. The van der Waals surface area contributed by atoms with Crippen molar-refractivity contribution in [2.45, 2.75) is 46.0 Å². The molecule has 1 aliphatic heterocycles. The Balaban J connectivity index is 1.63. The van der Waals surface area contributed by atoms with Gasteiger partial charge in [0.05, 0.1) is 11.8 Å². The van der Waals surface area contributed by atoms with Crippen LogP contribution in [0, 0.1) is 23.7 Å². The zero-order chi connectivity index (χ0) is 17.3. The summed E-state index contributed by atoms with van der Waals surface area (Å²) in [5, 5.41) is 0. The van der Waals surface area contributed by atoms with Crippen LogP contribution >= 0.6 is 0 Å². The van der Waals surface area contributed by atoms with Crippen LogP contribution in [0.25, 0.3) is 0 Å². The molecule has 2 bridgehead atoms. The van der Waals surface area contributed by atoms with Crippen molar-refractivity contribution in [1.29, 1.82) is 0 Å². The Hall–Kier alpha value is -1.65. The zero-order valence-electron chi connectivity index (χ0n) is 14.7. The van der Waals surface area contributed by atoms with E-state index < -0.39 is 0 Å². The van der Waals surface area contributed by atoms with Crippen molar-refractivity contribution in [3.05, 3.63) is 12.2 Å². The van der Waals surface area contributed by atoms with Crippen molar-refractivity contribution in [3.8, 4) is 0 Å². The third-order valence-corrected chi connectivity index (χ3v) is 5.74. The normalized spacial score (nSPS) is 30.8. The molecule has 1 saturated heterocycles. The summed E-state index contributed by atoms with van der Waals surface area (Å²) in [4.78, 5) is 41.1. The third-order valence-electron chi connectivity index (χ3n) is 5.74. The summed E-state index contributed by atoms with van der Waals surface area (Å²) < 4.78 is 0. The van der Waals surface area contributed by atoms with E-state index in [1.165, 1.54) is 4.90 Å². The van der Waals surface area contributed by atoms with Crippen LogP contribution in [0.3, 0.4) is 0 Å². The number of rotatable bonds is 7. The summed E-state index contributed by atoms with van der Waals surface area (Å²) in [6, 6.07) is 0. The van der Waals surface area contributed by atoms with Gasteiger partial charge in [-0.3, -0.25) is 19.3 Å². The van der Waals surface area contributed by atoms with Gasteiger partial charge in [0, 0.05) is 26.1 Å². The molecule has 3 amide bonds. The summed E-state index contributed by atoms with van der Waals surface area (Å²) in [5.74, 6) is 0.0548. The molecule has 4 aliphatic rings. The Kier molecular flexibility index (Phi) is 5.07. The molecule has 0 spiro atoms. The van der Waals surface area contributed by atoms with Crippen LogP contribution in [0.15, 0.2) is 12.2 Å². The molecule has 4 atom stereocenters. The molecule has 0 radical (unpaired) electrons. The quantitative estimate of drug-likeness (QED) is 0.530. The monoisotopic (exact) mass is 332 g/mol. The molecule has 132 valence electrons. The molecule has 5 heteroatoms. The smallest absolute Gasteiger partial charge is 0.233 e. The molecule has 2 fully saturated rings. The molecule has 1 heterocycles. The average molecular weight is 332 g/mol. The molecule has 24 heavy (non-hydrogen) atoms. The number of fused-ring (bicyclic) bond motifs is 1. The Labute approximate surface area is 144 Å². The molecule has 5 nitrogen and oxygen atoms in total. The van der Waals surface area contributed by atoms with E-state index in [4.69, 9.17) is 0 Å². The topological polar surface area (TPSA) is 57.7 Å². The lowest BCUT2D eigenvalue weighted by atomic mass is 9.63. The fourth-order valence-corrected chi connectivity index (χ4v) is 4.62. The van der Waals surface area contributed by atoms with Gasteiger partial charge in [0.1, 0.15) is 0 Å². The Morgan fingerprint density at radius 2 is 1.54 bits per heavy atom. The second kappa shape index (κ2) is 7.08. The van der Waals surface area contributed by atoms with Crippen molar-refractivity contribution in [2.24, 2.45) is 23.7 Å². The lowest BCUT2D eigenvalue weighted by molar-refractivity contribution is -0.141. The van der Waals surface area contributed by atoms with Crippen LogP contribution in [-0.4, -0.2) is 47.2 Å². The van der Waals surface area contributed by atoms with Gasteiger partial charge >= 0.3 is 0 Å². The number of amides is 3. The van der Waals surface area contributed by atoms with Gasteiger partial charge in [0.25, 0.3) is 0 Å². The van der Waals surface area contributed by atoms with Crippen LogP contribution in [0.5, 0.6) is 0 Å². The van der Waals surface area contributed by atoms with Gasteiger partial charge in [-0.1, -0.05) is 26.0 Å². The predicted molar refractivity (Wildman–Crippen MR) is 90.8 cm³/mol. The van der Waals surface area contributed by atoms with Gasteiger partial charge in [0.15, 0.2) is 0 Å². The van der Waals surface area contributed by atoms with Gasteiger partial charge < -0.3 is 4.90 Å². The molecule has 4 unspecified atom stereocenters. The lowest BCUT2D eigenvalue weighted by Gasteiger charge is -2.38. The maximum atomic E-state index is 12.7. The zero-order valence-corrected chi connectivity index (χ0v) is 14.7. The van der Waals surface area contributed by atoms with Crippen molar-refractivity contribution in [2.75, 3.05) is 19.6 Å². The highest BCUT2D eigenvalue weighted by atomic mass is 16.2. The minimum Gasteiger partial charge on any atom is -0.343 e. The third kappa shape index (κ3) is 2.89. The second-order valence-corrected chi connectivity index (χ2v) is 7.30. The fourth-order valence-electron chi connectivity index (χ4n) is 4.62. The van der Waals surface area contributed by atoms with Gasteiger partial charge in [-0.25, -0.2) is 0 Å². The van der Waals surface area contributed by atoms with Gasteiger partial charge in [-0.15, -0.1) is 0 Å². The minimum absolute atomic E-state index is 0.0469. The van der Waals surface area contributed by atoms with E-state index in [9.17, 15) is 14.4 Å². The molecule has 0 aromatic heterocycles. The Bertz CT molecular complexity index is 519. The molecule has 1 saturated carbocycles. The van der Waals surface area contributed by atoms with Gasteiger partial charge in [-0.05, 0) is 37.5 Å². The number of likely N-dealkylation sites (tertiary alicyclic amines) is 1. The minimum atomic E-state index is -0.168. The van der Waals surface area contributed by atoms with Crippen LogP contribution < -0.4 is 0 Å². The highest BCUT2D eigenvalue weighted by molar-refractivity contribution is 6.06. The highest BCUT2D eigenvalue weighted by Crippen LogP contribution is 2.49. The van der Waals surface area contributed by atoms with Crippen LogP contribution in [0.4, 0.5) is 0 Å². The molecule has 3 aliphatic carbocycles. The molecular formula is C19H28N2O3. The van der Waals surface area contributed by atoms with Crippen LogP contribution in [-0.2, 0) is 14.4 Å². The summed E-state index contributed by atoms with van der Waals surface area (Å²) >= 11 is 0. The first-order valence-corrected chi connectivity index (χ1v) is 9.39. The van der Waals surface area contributed by atoms with Crippen LogP contribution in [0.2, 0.25) is 0 Å². The fraction of sp³-hybridized carbons (Fsp3) is 0.737.